The van der Waals surface area contributed by atoms with E-state index in [1.807, 2.05) is 35.9 Å². The van der Waals surface area contributed by atoms with Crippen molar-refractivity contribution in [3.63, 3.8) is 0 Å². The van der Waals surface area contributed by atoms with Crippen LogP contribution in [0.2, 0.25) is 0 Å². The first-order valence-corrected chi connectivity index (χ1v) is 12.4. The highest BCUT2D eigenvalue weighted by atomic mass is 16.5. The van der Waals surface area contributed by atoms with E-state index in [1.165, 1.54) is 24.0 Å². The van der Waals surface area contributed by atoms with Crippen LogP contribution >= 0.6 is 0 Å². The third-order valence-corrected chi connectivity index (χ3v) is 6.72. The van der Waals surface area contributed by atoms with E-state index in [9.17, 15) is 4.79 Å². The maximum absolute atomic E-state index is 13.0. The summed E-state index contributed by atoms with van der Waals surface area (Å²) in [5.74, 6) is 1.64. The van der Waals surface area contributed by atoms with Crippen LogP contribution in [-0.4, -0.2) is 36.7 Å². The summed E-state index contributed by atoms with van der Waals surface area (Å²) in [7, 11) is 0. The molecule has 2 aromatic heterocycles. The average Bonchev–Trinajstić information content (AvgIpc) is 3.53. The molecule has 35 heavy (non-hydrogen) atoms. The molecule has 5 rings (SSSR count). The molecule has 0 bridgehead atoms. The maximum atomic E-state index is 13.0. The molecule has 1 N–H and O–H groups in total. The fourth-order valence-corrected chi connectivity index (χ4v) is 4.91. The summed E-state index contributed by atoms with van der Waals surface area (Å²) in [5.41, 5.74) is 3.84. The van der Waals surface area contributed by atoms with E-state index in [4.69, 9.17) is 4.74 Å². The molecule has 0 aliphatic heterocycles. The van der Waals surface area contributed by atoms with Crippen molar-refractivity contribution in [3.8, 4) is 5.75 Å². The highest BCUT2D eigenvalue weighted by Gasteiger charge is 2.23. The summed E-state index contributed by atoms with van der Waals surface area (Å²) in [6.45, 7) is 6.38. The van der Waals surface area contributed by atoms with Crippen LogP contribution in [0.3, 0.4) is 0 Å². The van der Waals surface area contributed by atoms with Gasteiger partial charge in [0.05, 0.1) is 19.2 Å². The third kappa shape index (κ3) is 5.43. The molecular formula is C27H32N6O2. The molecule has 0 unspecified atom stereocenters. The number of pyridine rings is 1. The smallest absolute Gasteiger partial charge is 0.252 e. The standard InChI is InChI=1S/C27H32N6O2/c1-3-35-24-12-13-25-21(15-24)14-22(27(34)28-25)17-32(16-20-10-8-19(2)9-11-20)18-26-29-30-31-33(26)23-6-4-5-7-23/h8-15,23H,3-7,16-18H2,1-2H3,(H,28,34). The van der Waals surface area contributed by atoms with Crippen molar-refractivity contribution in [1.82, 2.24) is 30.1 Å². The first-order chi connectivity index (χ1) is 17.1. The molecule has 0 saturated heterocycles. The molecule has 0 spiro atoms. The largest absolute Gasteiger partial charge is 0.494 e. The molecule has 2 aromatic carbocycles. The van der Waals surface area contributed by atoms with Gasteiger partial charge in [0.25, 0.3) is 5.56 Å². The monoisotopic (exact) mass is 472 g/mol. The molecule has 182 valence electrons. The van der Waals surface area contributed by atoms with Gasteiger partial charge in [0.15, 0.2) is 5.82 Å². The molecule has 2 heterocycles. The zero-order valence-corrected chi connectivity index (χ0v) is 20.4. The second-order valence-corrected chi connectivity index (χ2v) is 9.41. The molecule has 0 amide bonds. The number of aromatic amines is 1. The predicted octanol–water partition coefficient (Wildman–Crippen LogP) is 4.54. The van der Waals surface area contributed by atoms with Crippen LogP contribution in [0.5, 0.6) is 5.75 Å². The van der Waals surface area contributed by atoms with Gasteiger partial charge >= 0.3 is 0 Å². The number of nitrogens with one attached hydrogen (secondary N) is 1. The number of fused-ring (bicyclic) bond motifs is 1. The molecule has 8 nitrogen and oxygen atoms in total. The highest BCUT2D eigenvalue weighted by Crippen LogP contribution is 2.29. The number of aryl methyl sites for hydroxylation is 1. The van der Waals surface area contributed by atoms with Crippen LogP contribution in [0, 0.1) is 6.92 Å². The van der Waals surface area contributed by atoms with E-state index in [0.717, 1.165) is 35.3 Å². The van der Waals surface area contributed by atoms with Crippen LogP contribution in [0.25, 0.3) is 10.9 Å². The van der Waals surface area contributed by atoms with Crippen LogP contribution in [-0.2, 0) is 19.6 Å². The Morgan fingerprint density at radius 3 is 2.63 bits per heavy atom. The lowest BCUT2D eigenvalue weighted by atomic mass is 10.1. The fourth-order valence-electron chi connectivity index (χ4n) is 4.91. The highest BCUT2D eigenvalue weighted by molar-refractivity contribution is 5.80. The topological polar surface area (TPSA) is 88.9 Å². The molecule has 1 aliphatic carbocycles. The zero-order chi connectivity index (χ0) is 24.2. The normalized spacial score (nSPS) is 14.3. The van der Waals surface area contributed by atoms with E-state index in [1.54, 1.807) is 0 Å². The predicted molar refractivity (Wildman–Crippen MR) is 135 cm³/mol. The minimum absolute atomic E-state index is 0.0778. The lowest BCUT2D eigenvalue weighted by Gasteiger charge is -2.23. The molecule has 8 heteroatoms. The Morgan fingerprint density at radius 1 is 1.06 bits per heavy atom. The van der Waals surface area contributed by atoms with Gasteiger partial charge in [-0.15, -0.1) is 5.10 Å². The van der Waals surface area contributed by atoms with Crippen molar-refractivity contribution in [2.75, 3.05) is 6.61 Å². The van der Waals surface area contributed by atoms with Gasteiger partial charge in [-0.1, -0.05) is 42.7 Å². The lowest BCUT2D eigenvalue weighted by molar-refractivity contribution is 0.231. The van der Waals surface area contributed by atoms with E-state index in [0.29, 0.717) is 37.8 Å². The molecule has 1 fully saturated rings. The second kappa shape index (κ2) is 10.4. The molecule has 1 aliphatic rings. The summed E-state index contributed by atoms with van der Waals surface area (Å²) < 4.78 is 7.65. The number of aromatic nitrogens is 5. The Balaban J connectivity index is 1.45. The van der Waals surface area contributed by atoms with Crippen LogP contribution in [0.1, 0.15) is 61.2 Å². The number of hydrogen-bond acceptors (Lipinski definition) is 6. The van der Waals surface area contributed by atoms with Crippen LogP contribution in [0.4, 0.5) is 0 Å². The van der Waals surface area contributed by atoms with Gasteiger partial charge in [-0.05, 0) is 66.9 Å². The number of nitrogens with zero attached hydrogens (tertiary/aromatic N) is 5. The van der Waals surface area contributed by atoms with Crippen molar-refractivity contribution in [2.24, 2.45) is 0 Å². The van der Waals surface area contributed by atoms with Crippen molar-refractivity contribution >= 4 is 10.9 Å². The summed E-state index contributed by atoms with van der Waals surface area (Å²) in [6.07, 6.45) is 4.66. The van der Waals surface area contributed by atoms with Crippen LogP contribution in [0.15, 0.2) is 53.3 Å². The van der Waals surface area contributed by atoms with Gasteiger partial charge in [-0.2, -0.15) is 0 Å². The summed E-state index contributed by atoms with van der Waals surface area (Å²) >= 11 is 0. The Bertz CT molecular complexity index is 1340. The molecule has 4 aromatic rings. The first kappa shape index (κ1) is 23.2. The van der Waals surface area contributed by atoms with E-state index in [2.05, 4.69) is 56.6 Å². The number of hydrogen-bond donors (Lipinski definition) is 1. The fraction of sp³-hybridized carbons (Fsp3) is 0.407. The Hall–Kier alpha value is -3.52. The number of rotatable bonds is 9. The number of H-pyrrole nitrogens is 1. The van der Waals surface area contributed by atoms with Gasteiger partial charge in [0.1, 0.15) is 5.75 Å². The number of ether oxygens (including phenoxy) is 1. The van der Waals surface area contributed by atoms with Gasteiger partial charge in [-0.25, -0.2) is 4.68 Å². The number of tetrazole rings is 1. The van der Waals surface area contributed by atoms with Crippen molar-refractivity contribution < 1.29 is 4.74 Å². The molecular weight excluding hydrogens is 440 g/mol. The minimum Gasteiger partial charge on any atom is -0.494 e. The van der Waals surface area contributed by atoms with Gasteiger partial charge in [-0.3, -0.25) is 9.69 Å². The summed E-state index contributed by atoms with van der Waals surface area (Å²) in [5, 5.41) is 13.6. The molecule has 0 atom stereocenters. The Labute approximate surface area is 204 Å². The van der Waals surface area contributed by atoms with Gasteiger partial charge in [0.2, 0.25) is 0 Å². The van der Waals surface area contributed by atoms with Crippen molar-refractivity contribution in [1.29, 1.82) is 0 Å². The summed E-state index contributed by atoms with van der Waals surface area (Å²) in [6, 6.07) is 16.6. The van der Waals surface area contributed by atoms with E-state index < -0.39 is 0 Å². The second-order valence-electron chi connectivity index (χ2n) is 9.41. The summed E-state index contributed by atoms with van der Waals surface area (Å²) in [4.78, 5) is 18.3. The quantitative estimate of drug-likeness (QED) is 0.385. The SMILES string of the molecule is CCOc1ccc2[nH]c(=O)c(CN(Cc3ccc(C)cc3)Cc3nnnn3C3CCCC3)cc2c1. The average molecular weight is 473 g/mol. The van der Waals surface area contributed by atoms with Crippen molar-refractivity contribution in [2.45, 2.75) is 65.2 Å². The van der Waals surface area contributed by atoms with E-state index >= 15 is 0 Å². The maximum Gasteiger partial charge on any atom is 0.252 e. The zero-order valence-electron chi connectivity index (χ0n) is 20.4. The molecule has 0 radical (unpaired) electrons. The Morgan fingerprint density at radius 2 is 1.86 bits per heavy atom. The third-order valence-electron chi connectivity index (χ3n) is 6.72. The number of benzene rings is 2. The van der Waals surface area contributed by atoms with E-state index in [-0.39, 0.29) is 5.56 Å². The van der Waals surface area contributed by atoms with Gasteiger partial charge in [0, 0.05) is 29.6 Å². The minimum atomic E-state index is -0.0778. The first-order valence-electron chi connectivity index (χ1n) is 12.4. The molecule has 1 saturated carbocycles. The van der Waals surface area contributed by atoms with Gasteiger partial charge < -0.3 is 9.72 Å². The van der Waals surface area contributed by atoms with Crippen LogP contribution < -0.4 is 10.3 Å². The van der Waals surface area contributed by atoms with Crippen molar-refractivity contribution in [3.05, 3.63) is 81.4 Å². The lowest BCUT2D eigenvalue weighted by Crippen LogP contribution is -2.28. The Kier molecular flexibility index (Phi) is 6.90.